The van der Waals surface area contributed by atoms with Gasteiger partial charge in [0, 0.05) is 29.8 Å². The van der Waals surface area contributed by atoms with Gasteiger partial charge in [-0.1, -0.05) is 29.8 Å². The average molecular weight is 351 g/mol. The van der Waals surface area contributed by atoms with Crippen LogP contribution in [-0.4, -0.2) is 13.1 Å². The molecule has 3 nitrogen and oxygen atoms in total. The van der Waals surface area contributed by atoms with Crippen LogP contribution in [-0.2, 0) is 13.1 Å². The first-order valence-corrected chi connectivity index (χ1v) is 8.03. The Morgan fingerprint density at radius 2 is 2.00 bits per heavy atom. The van der Waals surface area contributed by atoms with Crippen molar-refractivity contribution in [2.75, 3.05) is 11.9 Å². The van der Waals surface area contributed by atoms with Gasteiger partial charge in [-0.2, -0.15) is 0 Å². The number of anilines is 1. The van der Waals surface area contributed by atoms with Crippen molar-refractivity contribution in [1.29, 1.82) is 0 Å². The topological polar surface area (TPSA) is 28.4 Å². The highest BCUT2D eigenvalue weighted by Gasteiger charge is 2.11. The third kappa shape index (κ3) is 4.61. The number of rotatable bonds is 6. The van der Waals surface area contributed by atoms with E-state index in [-0.39, 0.29) is 0 Å². The predicted octanol–water partition coefficient (Wildman–Crippen LogP) is 4.48. The number of aryl methyl sites for hydroxylation is 1. The molecule has 114 valence electrons. The van der Waals surface area contributed by atoms with Gasteiger partial charge in [0.25, 0.3) is 0 Å². The molecular formula is C17H23BrN2O. The van der Waals surface area contributed by atoms with Crippen molar-refractivity contribution in [3.63, 3.8) is 0 Å². The highest BCUT2D eigenvalue weighted by molar-refractivity contribution is 9.10. The lowest BCUT2D eigenvalue weighted by Gasteiger charge is -2.22. The van der Waals surface area contributed by atoms with E-state index in [0.717, 1.165) is 29.1 Å². The maximum absolute atomic E-state index is 5.67. The second-order valence-corrected chi connectivity index (χ2v) is 6.59. The molecule has 2 rings (SSSR count). The molecule has 0 spiro atoms. The van der Waals surface area contributed by atoms with Crippen LogP contribution in [0.4, 0.5) is 5.69 Å². The standard InChI is InChI=1S/C17H23BrN2O/c1-12(2)19-10-14-9-15(18)6-8-17(14)20(4)11-16-7-5-13(3)21-16/h5-9,12,19H,10-11H2,1-4H3. The second-order valence-electron chi connectivity index (χ2n) is 5.68. The van der Waals surface area contributed by atoms with Crippen molar-refractivity contribution in [3.05, 3.63) is 51.9 Å². The Hall–Kier alpha value is -1.26. The molecule has 1 heterocycles. The van der Waals surface area contributed by atoms with Crippen molar-refractivity contribution in [2.45, 2.75) is 39.9 Å². The third-order valence-electron chi connectivity index (χ3n) is 3.34. The van der Waals surface area contributed by atoms with Crippen LogP contribution >= 0.6 is 15.9 Å². The van der Waals surface area contributed by atoms with Gasteiger partial charge in [-0.05, 0) is 42.8 Å². The smallest absolute Gasteiger partial charge is 0.123 e. The monoisotopic (exact) mass is 350 g/mol. The molecule has 0 saturated heterocycles. The molecule has 0 fully saturated rings. The molecule has 0 bridgehead atoms. The minimum absolute atomic E-state index is 0.467. The van der Waals surface area contributed by atoms with Crippen LogP contribution in [0.1, 0.15) is 30.9 Å². The fourth-order valence-electron chi connectivity index (χ4n) is 2.27. The molecule has 0 unspecified atom stereocenters. The summed E-state index contributed by atoms with van der Waals surface area (Å²) in [6.45, 7) is 7.92. The summed E-state index contributed by atoms with van der Waals surface area (Å²) in [6, 6.07) is 10.9. The summed E-state index contributed by atoms with van der Waals surface area (Å²) in [6.07, 6.45) is 0. The van der Waals surface area contributed by atoms with E-state index in [2.05, 4.69) is 65.2 Å². The fourth-order valence-corrected chi connectivity index (χ4v) is 2.68. The molecule has 0 saturated carbocycles. The van der Waals surface area contributed by atoms with Crippen LogP contribution < -0.4 is 10.2 Å². The van der Waals surface area contributed by atoms with Crippen molar-refractivity contribution < 1.29 is 4.42 Å². The van der Waals surface area contributed by atoms with Gasteiger partial charge in [-0.3, -0.25) is 0 Å². The van der Waals surface area contributed by atoms with Gasteiger partial charge in [-0.15, -0.1) is 0 Å². The minimum Gasteiger partial charge on any atom is -0.464 e. The van der Waals surface area contributed by atoms with Crippen LogP contribution in [0, 0.1) is 6.92 Å². The van der Waals surface area contributed by atoms with Gasteiger partial charge in [0.05, 0.1) is 6.54 Å². The summed E-state index contributed by atoms with van der Waals surface area (Å²) in [5, 5.41) is 3.48. The second kappa shape index (κ2) is 7.14. The van der Waals surface area contributed by atoms with Crippen molar-refractivity contribution in [3.8, 4) is 0 Å². The van der Waals surface area contributed by atoms with Crippen LogP contribution in [0.5, 0.6) is 0 Å². The maximum Gasteiger partial charge on any atom is 0.123 e. The number of nitrogens with zero attached hydrogens (tertiary/aromatic N) is 1. The number of benzene rings is 1. The van der Waals surface area contributed by atoms with Crippen LogP contribution in [0.25, 0.3) is 0 Å². The first-order valence-electron chi connectivity index (χ1n) is 7.24. The quantitative estimate of drug-likeness (QED) is 0.832. The van der Waals surface area contributed by atoms with E-state index < -0.39 is 0 Å². The molecule has 0 atom stereocenters. The molecule has 0 aliphatic carbocycles. The number of hydrogen-bond acceptors (Lipinski definition) is 3. The molecular weight excluding hydrogens is 328 g/mol. The fraction of sp³-hybridized carbons (Fsp3) is 0.412. The highest BCUT2D eigenvalue weighted by atomic mass is 79.9. The average Bonchev–Trinajstić information content (AvgIpc) is 2.81. The van der Waals surface area contributed by atoms with E-state index in [1.807, 2.05) is 19.1 Å². The molecule has 1 aromatic heterocycles. The molecule has 0 radical (unpaired) electrons. The SMILES string of the molecule is Cc1ccc(CN(C)c2ccc(Br)cc2CNC(C)C)o1. The van der Waals surface area contributed by atoms with Gasteiger partial charge >= 0.3 is 0 Å². The number of nitrogens with one attached hydrogen (secondary N) is 1. The zero-order valence-electron chi connectivity index (χ0n) is 13.1. The van der Waals surface area contributed by atoms with Gasteiger partial charge in [-0.25, -0.2) is 0 Å². The van der Waals surface area contributed by atoms with Crippen LogP contribution in [0.2, 0.25) is 0 Å². The molecule has 2 aromatic rings. The Balaban J connectivity index is 2.16. The molecule has 0 aliphatic rings. The Morgan fingerprint density at radius 3 is 2.62 bits per heavy atom. The van der Waals surface area contributed by atoms with Gasteiger partial charge < -0.3 is 14.6 Å². The summed E-state index contributed by atoms with van der Waals surface area (Å²) in [5.41, 5.74) is 2.50. The van der Waals surface area contributed by atoms with Crippen molar-refractivity contribution in [1.82, 2.24) is 5.32 Å². The zero-order chi connectivity index (χ0) is 15.4. The molecule has 4 heteroatoms. The maximum atomic E-state index is 5.67. The molecule has 1 aromatic carbocycles. The predicted molar refractivity (Wildman–Crippen MR) is 91.7 cm³/mol. The third-order valence-corrected chi connectivity index (χ3v) is 3.84. The lowest BCUT2D eigenvalue weighted by molar-refractivity contribution is 0.481. The number of furan rings is 1. The Kier molecular flexibility index (Phi) is 5.48. The van der Waals surface area contributed by atoms with Gasteiger partial charge in [0.1, 0.15) is 11.5 Å². The van der Waals surface area contributed by atoms with Crippen LogP contribution in [0.15, 0.2) is 39.2 Å². The Bertz CT molecular complexity index is 592. The van der Waals surface area contributed by atoms with E-state index in [0.29, 0.717) is 6.04 Å². The first kappa shape index (κ1) is 16.1. The van der Waals surface area contributed by atoms with Gasteiger partial charge in [0.2, 0.25) is 0 Å². The van der Waals surface area contributed by atoms with Crippen molar-refractivity contribution in [2.24, 2.45) is 0 Å². The molecule has 0 amide bonds. The van der Waals surface area contributed by atoms with Crippen LogP contribution in [0.3, 0.4) is 0 Å². The molecule has 1 N–H and O–H groups in total. The Labute approximate surface area is 135 Å². The number of hydrogen-bond donors (Lipinski definition) is 1. The zero-order valence-corrected chi connectivity index (χ0v) is 14.7. The van der Waals surface area contributed by atoms with Crippen molar-refractivity contribution >= 4 is 21.6 Å². The minimum atomic E-state index is 0.467. The summed E-state index contributed by atoms with van der Waals surface area (Å²) < 4.78 is 6.78. The summed E-state index contributed by atoms with van der Waals surface area (Å²) in [4.78, 5) is 2.22. The summed E-state index contributed by atoms with van der Waals surface area (Å²) in [7, 11) is 2.10. The Morgan fingerprint density at radius 1 is 1.24 bits per heavy atom. The first-order chi connectivity index (χ1) is 9.95. The number of halogens is 1. The van der Waals surface area contributed by atoms with Gasteiger partial charge in [0.15, 0.2) is 0 Å². The lowest BCUT2D eigenvalue weighted by Crippen LogP contribution is -2.24. The summed E-state index contributed by atoms with van der Waals surface area (Å²) >= 11 is 3.56. The largest absolute Gasteiger partial charge is 0.464 e. The van der Waals surface area contributed by atoms with E-state index >= 15 is 0 Å². The molecule has 0 aliphatic heterocycles. The lowest BCUT2D eigenvalue weighted by atomic mass is 10.1. The van der Waals surface area contributed by atoms with E-state index in [4.69, 9.17) is 4.42 Å². The van der Waals surface area contributed by atoms with E-state index in [1.165, 1.54) is 11.3 Å². The van der Waals surface area contributed by atoms with E-state index in [9.17, 15) is 0 Å². The highest BCUT2D eigenvalue weighted by Crippen LogP contribution is 2.25. The normalized spacial score (nSPS) is 11.1. The summed E-state index contributed by atoms with van der Waals surface area (Å²) in [5.74, 6) is 1.94. The molecule has 21 heavy (non-hydrogen) atoms. The van der Waals surface area contributed by atoms with E-state index in [1.54, 1.807) is 0 Å².